The third-order valence-electron chi connectivity index (χ3n) is 4.44. The van der Waals surface area contributed by atoms with Crippen LogP contribution in [0.4, 0.5) is 0 Å². The Hall–Kier alpha value is -2.10. The zero-order valence-electron chi connectivity index (χ0n) is 22.0. The second-order valence-electron chi connectivity index (χ2n) is 8.61. The number of rotatable bonds is 14. The van der Waals surface area contributed by atoms with E-state index < -0.39 is 0 Å². The Kier molecular flexibility index (Phi) is 22.2. The van der Waals surface area contributed by atoms with Crippen LogP contribution in [0.5, 0.6) is 0 Å². The molecule has 0 aromatic carbocycles. The summed E-state index contributed by atoms with van der Waals surface area (Å²) in [5, 5.41) is 0. The maximum Gasteiger partial charge on any atom is 0.306 e. The molecule has 0 N–H and O–H groups in total. The summed E-state index contributed by atoms with van der Waals surface area (Å²) in [5.74, 6) is -0.202. The van der Waals surface area contributed by atoms with Crippen LogP contribution in [0.3, 0.4) is 0 Å². The van der Waals surface area contributed by atoms with E-state index in [1.54, 1.807) is 0 Å². The molecule has 0 heterocycles. The second kappa shape index (κ2) is 22.1. The summed E-state index contributed by atoms with van der Waals surface area (Å²) in [4.78, 5) is 22.1. The smallest absolute Gasteiger partial charge is 0.306 e. The van der Waals surface area contributed by atoms with Gasteiger partial charge in [0.2, 0.25) is 0 Å². The Labute approximate surface area is 197 Å². The summed E-state index contributed by atoms with van der Waals surface area (Å²) in [7, 11) is 0. The predicted molar refractivity (Wildman–Crippen MR) is 137 cm³/mol. The molecule has 0 unspecified atom stereocenters. The van der Waals surface area contributed by atoms with E-state index in [0.29, 0.717) is 26.1 Å². The van der Waals surface area contributed by atoms with E-state index >= 15 is 0 Å². The van der Waals surface area contributed by atoms with Gasteiger partial charge in [-0.05, 0) is 92.2 Å². The lowest BCUT2D eigenvalue weighted by atomic mass is 10.1. The highest BCUT2D eigenvalue weighted by Gasteiger charge is 1.99. The summed E-state index contributed by atoms with van der Waals surface area (Å²) >= 11 is 0. The molecule has 0 aromatic rings. The van der Waals surface area contributed by atoms with Gasteiger partial charge in [0, 0.05) is 12.8 Å². The Balaban J connectivity index is 0. The fourth-order valence-corrected chi connectivity index (χ4v) is 2.49. The maximum atomic E-state index is 11.1. The molecule has 0 radical (unpaired) electrons. The molecule has 0 fully saturated rings. The van der Waals surface area contributed by atoms with Crippen molar-refractivity contribution in [3.8, 4) is 0 Å². The van der Waals surface area contributed by atoms with Crippen molar-refractivity contribution in [2.24, 2.45) is 0 Å². The maximum absolute atomic E-state index is 11.1. The average molecular weight is 449 g/mol. The zero-order valence-corrected chi connectivity index (χ0v) is 22.0. The van der Waals surface area contributed by atoms with Crippen LogP contribution in [0.25, 0.3) is 0 Å². The number of allylic oxidation sites excluding steroid dienone is 6. The standard InChI is InChI=1S/2C14H24O2/c2*1-5-7-14(15)16-11-10-13(4)9-6-8-12(2)3/h2*8,10H,5-7,9,11H2,1-4H3/b2*13-10+. The number of hydrogen-bond donors (Lipinski definition) is 0. The highest BCUT2D eigenvalue weighted by Crippen LogP contribution is 2.07. The van der Waals surface area contributed by atoms with Crippen LogP contribution in [0.15, 0.2) is 46.6 Å². The fraction of sp³-hybridized carbons (Fsp3) is 0.643. The highest BCUT2D eigenvalue weighted by molar-refractivity contribution is 5.69. The molecule has 4 nitrogen and oxygen atoms in total. The van der Waals surface area contributed by atoms with E-state index in [-0.39, 0.29) is 11.9 Å². The van der Waals surface area contributed by atoms with E-state index in [1.165, 1.54) is 22.3 Å². The van der Waals surface area contributed by atoms with Crippen LogP contribution in [0, 0.1) is 0 Å². The monoisotopic (exact) mass is 448 g/mol. The molecule has 0 aliphatic rings. The van der Waals surface area contributed by atoms with Gasteiger partial charge in [-0.1, -0.05) is 48.3 Å². The van der Waals surface area contributed by atoms with Gasteiger partial charge < -0.3 is 9.47 Å². The van der Waals surface area contributed by atoms with Crippen molar-refractivity contribution in [1.82, 2.24) is 0 Å². The first-order chi connectivity index (χ1) is 15.1. The number of ether oxygens (including phenoxy) is 2. The number of carbonyl (C=O) groups excluding carboxylic acids is 2. The van der Waals surface area contributed by atoms with Crippen LogP contribution >= 0.6 is 0 Å². The van der Waals surface area contributed by atoms with Crippen LogP contribution in [0.1, 0.15) is 107 Å². The summed E-state index contributed by atoms with van der Waals surface area (Å²) in [6, 6.07) is 0. The molecule has 0 aliphatic carbocycles. The van der Waals surface area contributed by atoms with Crippen molar-refractivity contribution >= 4 is 11.9 Å². The minimum Gasteiger partial charge on any atom is -0.461 e. The molecule has 184 valence electrons. The molecular weight excluding hydrogens is 400 g/mol. The zero-order chi connectivity index (χ0) is 24.8. The number of carbonyl (C=O) groups is 2. The average Bonchev–Trinajstić information content (AvgIpc) is 2.68. The van der Waals surface area contributed by atoms with Crippen LogP contribution in [-0.4, -0.2) is 25.2 Å². The molecule has 0 spiro atoms. The summed E-state index contributed by atoms with van der Waals surface area (Å²) in [6.45, 7) is 17.3. The van der Waals surface area contributed by atoms with Gasteiger partial charge >= 0.3 is 11.9 Å². The molecule has 0 amide bonds. The van der Waals surface area contributed by atoms with Gasteiger partial charge in [-0.2, -0.15) is 0 Å². The molecule has 0 aromatic heterocycles. The van der Waals surface area contributed by atoms with E-state index in [2.05, 4.69) is 53.7 Å². The lowest BCUT2D eigenvalue weighted by Gasteiger charge is -2.02. The van der Waals surface area contributed by atoms with Crippen molar-refractivity contribution in [1.29, 1.82) is 0 Å². The van der Waals surface area contributed by atoms with Crippen molar-refractivity contribution < 1.29 is 19.1 Å². The number of hydrogen-bond acceptors (Lipinski definition) is 4. The minimum absolute atomic E-state index is 0.101. The molecule has 0 saturated carbocycles. The van der Waals surface area contributed by atoms with Gasteiger partial charge in [-0.15, -0.1) is 0 Å². The largest absolute Gasteiger partial charge is 0.461 e. The Morgan fingerprint density at radius 3 is 1.19 bits per heavy atom. The van der Waals surface area contributed by atoms with Crippen LogP contribution < -0.4 is 0 Å². The Bertz CT molecular complexity index is 572. The molecule has 0 bridgehead atoms. The third kappa shape index (κ3) is 25.9. The molecule has 32 heavy (non-hydrogen) atoms. The Morgan fingerprint density at radius 1 is 0.562 bits per heavy atom. The van der Waals surface area contributed by atoms with Crippen molar-refractivity contribution in [2.75, 3.05) is 13.2 Å². The highest BCUT2D eigenvalue weighted by atomic mass is 16.5. The normalized spacial score (nSPS) is 11.1. The van der Waals surface area contributed by atoms with Gasteiger partial charge in [0.1, 0.15) is 13.2 Å². The van der Waals surface area contributed by atoms with Crippen molar-refractivity contribution in [3.63, 3.8) is 0 Å². The lowest BCUT2D eigenvalue weighted by Crippen LogP contribution is -2.03. The molecule has 0 atom stereocenters. The SMILES string of the molecule is CCCC(=O)OC/C=C(\C)CCC=C(C)C.CCCC(=O)OC/C=C(\C)CCC=C(C)C. The topological polar surface area (TPSA) is 52.6 Å². The summed E-state index contributed by atoms with van der Waals surface area (Å²) in [6.07, 6.45) is 15.4. The van der Waals surface area contributed by atoms with Crippen molar-refractivity contribution in [2.45, 2.75) is 107 Å². The minimum atomic E-state index is -0.101. The second-order valence-corrected chi connectivity index (χ2v) is 8.61. The molecule has 4 heteroatoms. The number of esters is 2. The first-order valence-corrected chi connectivity index (χ1v) is 12.0. The van der Waals surface area contributed by atoms with Crippen LogP contribution in [-0.2, 0) is 19.1 Å². The van der Waals surface area contributed by atoms with E-state index in [4.69, 9.17) is 9.47 Å². The summed E-state index contributed by atoms with van der Waals surface area (Å²) < 4.78 is 10.1. The van der Waals surface area contributed by atoms with E-state index in [9.17, 15) is 9.59 Å². The van der Waals surface area contributed by atoms with Gasteiger partial charge in [-0.3, -0.25) is 9.59 Å². The third-order valence-corrected chi connectivity index (χ3v) is 4.44. The molecule has 0 saturated heterocycles. The first kappa shape index (κ1) is 32.1. The van der Waals surface area contributed by atoms with E-state index in [1.807, 2.05) is 26.0 Å². The van der Waals surface area contributed by atoms with Gasteiger partial charge in [0.25, 0.3) is 0 Å². The lowest BCUT2D eigenvalue weighted by molar-refractivity contribution is -0.143. The first-order valence-electron chi connectivity index (χ1n) is 12.0. The van der Waals surface area contributed by atoms with Gasteiger partial charge in [0.05, 0.1) is 0 Å². The molecule has 0 rings (SSSR count). The Morgan fingerprint density at radius 2 is 0.906 bits per heavy atom. The van der Waals surface area contributed by atoms with Gasteiger partial charge in [-0.25, -0.2) is 0 Å². The van der Waals surface area contributed by atoms with Crippen LogP contribution in [0.2, 0.25) is 0 Å². The fourth-order valence-electron chi connectivity index (χ4n) is 2.49. The quantitative estimate of drug-likeness (QED) is 0.199. The van der Waals surface area contributed by atoms with Gasteiger partial charge in [0.15, 0.2) is 0 Å². The van der Waals surface area contributed by atoms with Crippen molar-refractivity contribution in [3.05, 3.63) is 46.6 Å². The summed E-state index contributed by atoms with van der Waals surface area (Å²) in [5.41, 5.74) is 5.26. The molecular formula is C28H48O4. The predicted octanol–water partition coefficient (Wildman–Crippen LogP) is 8.04. The molecule has 0 aliphatic heterocycles. The van der Waals surface area contributed by atoms with E-state index in [0.717, 1.165) is 38.5 Å².